The number of fused-ring (bicyclic) bond motifs is 1. The van der Waals surface area contributed by atoms with Gasteiger partial charge in [-0.2, -0.15) is 9.40 Å². The van der Waals surface area contributed by atoms with E-state index >= 15 is 0 Å². The Labute approximate surface area is 155 Å². The molecule has 0 bridgehead atoms. The molecule has 0 N–H and O–H groups in total. The van der Waals surface area contributed by atoms with Gasteiger partial charge in [0.15, 0.2) is 10.7 Å². The highest BCUT2D eigenvalue weighted by molar-refractivity contribution is 7.89. The van der Waals surface area contributed by atoms with Gasteiger partial charge >= 0.3 is 0 Å². The molecular formula is C16H17ClN6O2S. The van der Waals surface area contributed by atoms with E-state index in [1.807, 2.05) is 12.3 Å². The van der Waals surface area contributed by atoms with Crippen LogP contribution in [-0.2, 0) is 17.1 Å². The summed E-state index contributed by atoms with van der Waals surface area (Å²) in [7, 11) is -1.88. The maximum absolute atomic E-state index is 12.9. The van der Waals surface area contributed by atoms with E-state index in [9.17, 15) is 8.42 Å². The molecule has 3 aromatic rings. The van der Waals surface area contributed by atoms with Gasteiger partial charge in [0.2, 0.25) is 0 Å². The Balaban J connectivity index is 1.63. The fourth-order valence-corrected chi connectivity index (χ4v) is 4.84. The van der Waals surface area contributed by atoms with Crippen LogP contribution < -0.4 is 0 Å². The number of imidazole rings is 1. The van der Waals surface area contributed by atoms with E-state index in [-0.39, 0.29) is 11.6 Å². The fourth-order valence-electron chi connectivity index (χ4n) is 3.04. The highest BCUT2D eigenvalue weighted by atomic mass is 35.5. The van der Waals surface area contributed by atoms with Gasteiger partial charge in [0.25, 0.3) is 10.0 Å². The van der Waals surface area contributed by atoms with Crippen molar-refractivity contribution in [1.82, 2.24) is 28.5 Å². The Hall–Kier alpha value is -2.23. The van der Waals surface area contributed by atoms with Crippen molar-refractivity contribution in [2.24, 2.45) is 7.05 Å². The number of hydrogen-bond donors (Lipinski definition) is 0. The zero-order valence-corrected chi connectivity index (χ0v) is 15.9. The van der Waals surface area contributed by atoms with Crippen LogP contribution in [0.2, 0.25) is 5.02 Å². The first-order valence-corrected chi connectivity index (χ1v) is 9.86. The maximum Gasteiger partial charge on any atom is 0.260 e. The van der Waals surface area contributed by atoms with E-state index in [4.69, 9.17) is 11.6 Å². The third-order valence-electron chi connectivity index (χ3n) is 4.67. The average molecular weight is 393 g/mol. The highest BCUT2D eigenvalue weighted by Gasteiger charge is 2.29. The van der Waals surface area contributed by atoms with Crippen LogP contribution in [-0.4, -0.2) is 50.0 Å². The van der Waals surface area contributed by atoms with Crippen LogP contribution in [0.15, 0.2) is 35.9 Å². The van der Waals surface area contributed by atoms with Crippen molar-refractivity contribution in [2.75, 3.05) is 13.1 Å². The Morgan fingerprint density at radius 2 is 2.08 bits per heavy atom. The molecule has 0 saturated heterocycles. The number of hydrogen-bond acceptors (Lipinski definition) is 5. The van der Waals surface area contributed by atoms with Crippen molar-refractivity contribution in [3.05, 3.63) is 47.3 Å². The minimum Gasteiger partial charge on any atom is -0.321 e. The van der Waals surface area contributed by atoms with Crippen molar-refractivity contribution in [3.8, 4) is 0 Å². The van der Waals surface area contributed by atoms with Crippen molar-refractivity contribution < 1.29 is 8.42 Å². The molecule has 0 saturated carbocycles. The lowest BCUT2D eigenvalue weighted by Crippen LogP contribution is -2.35. The molecule has 136 valence electrons. The van der Waals surface area contributed by atoms with Crippen molar-refractivity contribution in [3.63, 3.8) is 0 Å². The Morgan fingerprint density at radius 3 is 2.73 bits per heavy atom. The molecule has 0 unspecified atom stereocenters. The summed E-state index contributed by atoms with van der Waals surface area (Å²) < 4.78 is 30.4. The first-order valence-electron chi connectivity index (χ1n) is 8.04. The standard InChI is InChI=1S/C16H17ClN6O2S/c1-11-18-8-16(21(11)2)26(24,25)22-5-3-12(4-6-22)13-9-23-15(7-14(13)17)19-10-20-23/h3,7-10H,4-6H2,1-2H3. The van der Waals surface area contributed by atoms with Crippen LogP contribution in [0.4, 0.5) is 0 Å². The second-order valence-electron chi connectivity index (χ2n) is 6.14. The number of nitrogens with zero attached hydrogens (tertiary/aromatic N) is 6. The largest absolute Gasteiger partial charge is 0.321 e. The van der Waals surface area contributed by atoms with E-state index in [0.29, 0.717) is 29.5 Å². The maximum atomic E-state index is 12.9. The van der Waals surface area contributed by atoms with Gasteiger partial charge in [0.05, 0.1) is 11.2 Å². The number of pyridine rings is 1. The Bertz CT molecular complexity index is 1130. The Kier molecular flexibility index (Phi) is 4.09. The topological polar surface area (TPSA) is 85.4 Å². The smallest absolute Gasteiger partial charge is 0.260 e. The highest BCUT2D eigenvalue weighted by Crippen LogP contribution is 2.30. The van der Waals surface area contributed by atoms with Crippen LogP contribution in [0.5, 0.6) is 0 Å². The third kappa shape index (κ3) is 2.72. The van der Waals surface area contributed by atoms with E-state index in [1.54, 1.807) is 29.1 Å². The van der Waals surface area contributed by atoms with Crippen LogP contribution in [0, 0.1) is 6.92 Å². The second kappa shape index (κ2) is 6.19. The van der Waals surface area contributed by atoms with E-state index < -0.39 is 10.0 Å². The summed E-state index contributed by atoms with van der Waals surface area (Å²) in [6.45, 7) is 2.44. The second-order valence-corrected chi connectivity index (χ2v) is 8.43. The Morgan fingerprint density at radius 1 is 1.27 bits per heavy atom. The molecule has 3 aromatic heterocycles. The summed E-state index contributed by atoms with van der Waals surface area (Å²) in [5, 5.41) is 4.91. The van der Waals surface area contributed by atoms with Crippen molar-refractivity contribution >= 4 is 32.8 Å². The van der Waals surface area contributed by atoms with Crippen LogP contribution >= 0.6 is 11.6 Å². The molecule has 0 aromatic carbocycles. The van der Waals surface area contributed by atoms with E-state index in [1.165, 1.54) is 16.8 Å². The minimum atomic E-state index is -3.58. The summed E-state index contributed by atoms with van der Waals surface area (Å²) in [4.78, 5) is 8.19. The minimum absolute atomic E-state index is 0.203. The van der Waals surface area contributed by atoms with Gasteiger partial charge in [0, 0.05) is 38.0 Å². The predicted octanol–water partition coefficient (Wildman–Crippen LogP) is 1.90. The zero-order valence-electron chi connectivity index (χ0n) is 14.3. The van der Waals surface area contributed by atoms with Gasteiger partial charge in [-0.05, 0) is 18.9 Å². The summed E-state index contributed by atoms with van der Waals surface area (Å²) in [6.07, 6.45) is 7.16. The van der Waals surface area contributed by atoms with Gasteiger partial charge in [-0.25, -0.2) is 22.9 Å². The fraction of sp³-hybridized carbons (Fsp3) is 0.312. The lowest BCUT2D eigenvalue weighted by molar-refractivity contribution is 0.435. The van der Waals surface area contributed by atoms with Gasteiger partial charge in [-0.1, -0.05) is 17.7 Å². The summed E-state index contributed by atoms with van der Waals surface area (Å²) >= 11 is 6.37. The van der Waals surface area contributed by atoms with Crippen molar-refractivity contribution in [2.45, 2.75) is 18.4 Å². The number of rotatable bonds is 3. The van der Waals surface area contributed by atoms with Gasteiger partial charge in [0.1, 0.15) is 12.2 Å². The molecular weight excluding hydrogens is 376 g/mol. The molecule has 0 radical (unpaired) electrons. The molecule has 4 rings (SSSR count). The summed E-state index contributed by atoms with van der Waals surface area (Å²) in [5.41, 5.74) is 2.52. The van der Waals surface area contributed by atoms with Crippen LogP contribution in [0.1, 0.15) is 17.8 Å². The van der Waals surface area contributed by atoms with Crippen LogP contribution in [0.25, 0.3) is 11.2 Å². The molecule has 0 spiro atoms. The van der Waals surface area contributed by atoms with Crippen LogP contribution in [0.3, 0.4) is 0 Å². The molecule has 0 atom stereocenters. The normalized spacial score (nSPS) is 16.2. The molecule has 10 heteroatoms. The average Bonchev–Trinajstić information content (AvgIpc) is 3.21. The van der Waals surface area contributed by atoms with Crippen molar-refractivity contribution in [1.29, 1.82) is 0 Å². The molecule has 0 aliphatic carbocycles. The molecule has 4 heterocycles. The first kappa shape index (κ1) is 17.2. The molecule has 0 fully saturated rings. The number of halogens is 1. The number of aryl methyl sites for hydroxylation is 1. The molecule has 8 nitrogen and oxygen atoms in total. The van der Waals surface area contributed by atoms with Gasteiger partial charge in [-0.3, -0.25) is 0 Å². The molecule has 1 aliphatic rings. The monoisotopic (exact) mass is 392 g/mol. The molecule has 1 aliphatic heterocycles. The summed E-state index contributed by atoms with van der Waals surface area (Å²) in [5.74, 6) is 0.657. The lowest BCUT2D eigenvalue weighted by Gasteiger charge is -2.26. The first-order chi connectivity index (χ1) is 12.4. The van der Waals surface area contributed by atoms with Gasteiger partial charge in [-0.15, -0.1) is 0 Å². The number of sulfonamides is 1. The number of aromatic nitrogens is 5. The van der Waals surface area contributed by atoms with E-state index in [0.717, 1.165) is 11.1 Å². The molecule has 26 heavy (non-hydrogen) atoms. The quantitative estimate of drug-likeness (QED) is 0.679. The lowest BCUT2D eigenvalue weighted by atomic mass is 10.0. The van der Waals surface area contributed by atoms with E-state index in [2.05, 4.69) is 15.1 Å². The zero-order chi connectivity index (χ0) is 18.5. The third-order valence-corrected chi connectivity index (χ3v) is 6.90. The predicted molar refractivity (Wildman–Crippen MR) is 97.3 cm³/mol. The SMILES string of the molecule is Cc1ncc(S(=O)(=O)N2CC=C(c3cn4ncnc4cc3Cl)CC2)n1C. The summed E-state index contributed by atoms with van der Waals surface area (Å²) in [6, 6.07) is 1.76. The molecule has 0 amide bonds. The van der Waals surface area contributed by atoms with Gasteiger partial charge < -0.3 is 4.57 Å².